The largest absolute Gasteiger partial charge is 0.276 e. The van der Waals surface area contributed by atoms with Crippen LogP contribution in [0.25, 0.3) is 22.3 Å². The molecule has 0 radical (unpaired) electrons. The van der Waals surface area contributed by atoms with Crippen LogP contribution in [0, 0.1) is 0 Å². The van der Waals surface area contributed by atoms with Gasteiger partial charge in [0.25, 0.3) is 5.56 Å². The van der Waals surface area contributed by atoms with Crippen LogP contribution in [-0.2, 0) is 0 Å². The monoisotopic (exact) mass is 213 g/mol. The van der Waals surface area contributed by atoms with Gasteiger partial charge in [-0.15, -0.1) is 0 Å². The molecule has 6 nitrogen and oxygen atoms in total. The molecule has 0 unspecified atom stereocenters. The van der Waals surface area contributed by atoms with Crippen molar-refractivity contribution in [1.29, 1.82) is 0 Å². The van der Waals surface area contributed by atoms with Crippen LogP contribution in [0.1, 0.15) is 0 Å². The van der Waals surface area contributed by atoms with Gasteiger partial charge in [-0.3, -0.25) is 14.9 Å². The zero-order chi connectivity index (χ0) is 11.0. The second-order valence-corrected chi connectivity index (χ2v) is 3.27. The number of fused-ring (bicyclic) bond motifs is 1. The Bertz CT molecular complexity index is 699. The minimum Gasteiger partial charge on any atom is -0.276 e. The molecule has 0 fully saturated rings. The van der Waals surface area contributed by atoms with E-state index in [0.29, 0.717) is 16.8 Å². The van der Waals surface area contributed by atoms with Crippen LogP contribution in [0.2, 0.25) is 0 Å². The molecule has 0 aliphatic rings. The Morgan fingerprint density at radius 2 is 2.06 bits per heavy atom. The lowest BCUT2D eigenvalue weighted by Gasteiger charge is -1.94. The summed E-state index contributed by atoms with van der Waals surface area (Å²) in [5, 5.41) is 12.9. The highest BCUT2D eigenvalue weighted by Gasteiger charge is 2.11. The van der Waals surface area contributed by atoms with Gasteiger partial charge in [-0.2, -0.15) is 10.2 Å². The maximum absolute atomic E-state index is 11.6. The Balaban J connectivity index is 2.35. The first-order valence-electron chi connectivity index (χ1n) is 4.69. The highest BCUT2D eigenvalue weighted by atomic mass is 16.1. The zero-order valence-corrected chi connectivity index (χ0v) is 8.14. The Morgan fingerprint density at radius 3 is 2.94 bits per heavy atom. The molecule has 0 spiro atoms. The van der Waals surface area contributed by atoms with Crippen LogP contribution in [-0.4, -0.2) is 25.4 Å². The fourth-order valence-corrected chi connectivity index (χ4v) is 1.57. The van der Waals surface area contributed by atoms with E-state index in [4.69, 9.17) is 0 Å². The van der Waals surface area contributed by atoms with Crippen molar-refractivity contribution in [3.8, 4) is 11.3 Å². The van der Waals surface area contributed by atoms with Crippen molar-refractivity contribution in [2.45, 2.75) is 0 Å². The van der Waals surface area contributed by atoms with Crippen molar-refractivity contribution < 1.29 is 0 Å². The maximum atomic E-state index is 11.6. The summed E-state index contributed by atoms with van der Waals surface area (Å²) in [6.07, 6.45) is 3.18. The number of hydrogen-bond donors (Lipinski definition) is 2. The molecule has 0 bridgehead atoms. The number of H-pyrrole nitrogens is 2. The Kier molecular flexibility index (Phi) is 1.79. The molecular formula is C10H7N5O. The van der Waals surface area contributed by atoms with E-state index in [-0.39, 0.29) is 5.56 Å². The molecule has 16 heavy (non-hydrogen) atoms. The summed E-state index contributed by atoms with van der Waals surface area (Å²) in [5.74, 6) is 0. The lowest BCUT2D eigenvalue weighted by atomic mass is 10.2. The molecule has 78 valence electrons. The molecule has 6 heteroatoms. The lowest BCUT2D eigenvalue weighted by molar-refractivity contribution is 0.986. The van der Waals surface area contributed by atoms with Gasteiger partial charge in [0.1, 0.15) is 11.2 Å². The lowest BCUT2D eigenvalue weighted by Crippen LogP contribution is -2.09. The number of aromatic amines is 2. The molecule has 0 saturated carbocycles. The number of nitrogens with zero attached hydrogens (tertiary/aromatic N) is 3. The van der Waals surface area contributed by atoms with E-state index in [1.165, 1.54) is 6.20 Å². The molecule has 2 N–H and O–H groups in total. The second-order valence-electron chi connectivity index (χ2n) is 3.27. The predicted octanol–water partition coefficient (Wildman–Crippen LogP) is 0.708. The van der Waals surface area contributed by atoms with E-state index in [2.05, 4.69) is 25.4 Å². The van der Waals surface area contributed by atoms with Crippen molar-refractivity contribution in [1.82, 2.24) is 25.4 Å². The van der Waals surface area contributed by atoms with Crippen LogP contribution < -0.4 is 5.56 Å². The highest BCUT2D eigenvalue weighted by Crippen LogP contribution is 2.20. The van der Waals surface area contributed by atoms with Crippen LogP contribution in [0.15, 0.2) is 35.4 Å². The van der Waals surface area contributed by atoms with Crippen molar-refractivity contribution >= 4 is 11.0 Å². The van der Waals surface area contributed by atoms with E-state index in [0.717, 1.165) is 5.52 Å². The molecular weight excluding hydrogens is 206 g/mol. The van der Waals surface area contributed by atoms with Gasteiger partial charge >= 0.3 is 0 Å². The zero-order valence-electron chi connectivity index (χ0n) is 8.14. The van der Waals surface area contributed by atoms with E-state index in [9.17, 15) is 4.79 Å². The Labute approximate surface area is 89.4 Å². The molecule has 0 aliphatic heterocycles. The molecule has 0 amide bonds. The molecule has 0 aromatic carbocycles. The third kappa shape index (κ3) is 1.20. The summed E-state index contributed by atoms with van der Waals surface area (Å²) in [6.45, 7) is 0. The SMILES string of the molecule is O=c1[nH]nccc1-c1n[nH]c2cccnc12. The molecule has 0 aliphatic carbocycles. The minimum absolute atomic E-state index is 0.276. The normalized spacial score (nSPS) is 10.8. The Morgan fingerprint density at radius 1 is 1.12 bits per heavy atom. The molecule has 0 atom stereocenters. The summed E-state index contributed by atoms with van der Waals surface area (Å²) < 4.78 is 0. The summed E-state index contributed by atoms with van der Waals surface area (Å²) >= 11 is 0. The van der Waals surface area contributed by atoms with Gasteiger partial charge in [0.05, 0.1) is 11.1 Å². The fraction of sp³-hybridized carbons (Fsp3) is 0. The second kappa shape index (κ2) is 3.27. The third-order valence-corrected chi connectivity index (χ3v) is 2.30. The van der Waals surface area contributed by atoms with Gasteiger partial charge in [0.15, 0.2) is 0 Å². The predicted molar refractivity (Wildman–Crippen MR) is 57.7 cm³/mol. The van der Waals surface area contributed by atoms with Crippen LogP contribution in [0.5, 0.6) is 0 Å². The topological polar surface area (TPSA) is 87.3 Å². The van der Waals surface area contributed by atoms with Crippen LogP contribution in [0.3, 0.4) is 0 Å². The Hall–Kier alpha value is -2.50. The van der Waals surface area contributed by atoms with Crippen molar-refractivity contribution in [2.24, 2.45) is 0 Å². The van der Waals surface area contributed by atoms with E-state index >= 15 is 0 Å². The average Bonchev–Trinajstić information content (AvgIpc) is 2.74. The van der Waals surface area contributed by atoms with Crippen molar-refractivity contribution in [3.05, 3.63) is 40.9 Å². The van der Waals surface area contributed by atoms with Crippen molar-refractivity contribution in [3.63, 3.8) is 0 Å². The van der Waals surface area contributed by atoms with Crippen molar-refractivity contribution in [2.75, 3.05) is 0 Å². The fourth-order valence-electron chi connectivity index (χ4n) is 1.57. The number of nitrogens with one attached hydrogen (secondary N) is 2. The number of hydrogen-bond acceptors (Lipinski definition) is 4. The number of pyridine rings is 1. The summed E-state index contributed by atoms with van der Waals surface area (Å²) in [7, 11) is 0. The third-order valence-electron chi connectivity index (χ3n) is 2.30. The molecule has 3 rings (SSSR count). The summed E-state index contributed by atoms with van der Waals surface area (Å²) in [4.78, 5) is 15.8. The van der Waals surface area contributed by atoms with Crippen LogP contribution >= 0.6 is 0 Å². The summed E-state index contributed by atoms with van der Waals surface area (Å²) in [5.41, 5.74) is 2.20. The number of rotatable bonds is 1. The molecule has 3 aromatic rings. The first kappa shape index (κ1) is 8.78. The first-order chi connectivity index (χ1) is 7.86. The smallest absolute Gasteiger partial charge is 0.273 e. The molecule has 3 aromatic heterocycles. The van der Waals surface area contributed by atoms with Gasteiger partial charge in [-0.1, -0.05) is 0 Å². The van der Waals surface area contributed by atoms with E-state index in [1.54, 1.807) is 18.3 Å². The van der Waals surface area contributed by atoms with E-state index < -0.39 is 0 Å². The first-order valence-corrected chi connectivity index (χ1v) is 4.69. The standard InChI is InChI=1S/C10H7N5O/c16-10-6(3-5-12-15-10)8-9-7(13-14-8)2-1-4-11-9/h1-5H,(H,13,14)(H,15,16). The minimum atomic E-state index is -0.276. The van der Waals surface area contributed by atoms with Gasteiger partial charge in [-0.05, 0) is 18.2 Å². The maximum Gasteiger partial charge on any atom is 0.273 e. The summed E-state index contributed by atoms with van der Waals surface area (Å²) in [6, 6.07) is 5.28. The quantitative estimate of drug-likeness (QED) is 0.623. The molecule has 3 heterocycles. The van der Waals surface area contributed by atoms with E-state index in [1.807, 2.05) is 6.07 Å². The number of aromatic nitrogens is 5. The highest BCUT2D eigenvalue weighted by molar-refractivity contribution is 5.88. The average molecular weight is 213 g/mol. The van der Waals surface area contributed by atoms with Gasteiger partial charge in [0.2, 0.25) is 0 Å². The van der Waals surface area contributed by atoms with Gasteiger partial charge < -0.3 is 0 Å². The van der Waals surface area contributed by atoms with Gasteiger partial charge in [-0.25, -0.2) is 5.10 Å². The van der Waals surface area contributed by atoms with Crippen LogP contribution in [0.4, 0.5) is 0 Å². The molecule has 0 saturated heterocycles. The van der Waals surface area contributed by atoms with Gasteiger partial charge in [0, 0.05) is 12.4 Å².